The standard InChI is InChI=1S/C16H14N2O6/c1-24-12-5-2-10(3-6-12)9-17-15(19)14-8-11(18(22)23)4-7-13(14)16(20)21/h2-8H,9H2,1H3,(H,17,19)(H,20,21). The molecule has 0 heterocycles. The van der Waals surface area contributed by atoms with E-state index in [0.29, 0.717) is 5.75 Å². The lowest BCUT2D eigenvalue weighted by atomic mass is 10.1. The third kappa shape index (κ3) is 3.86. The second-order valence-corrected chi connectivity index (χ2v) is 4.82. The molecular weight excluding hydrogens is 316 g/mol. The number of ether oxygens (including phenoxy) is 1. The number of carbonyl (C=O) groups is 2. The van der Waals surface area contributed by atoms with Crippen LogP contribution in [0.4, 0.5) is 5.69 Å². The van der Waals surface area contributed by atoms with Crippen LogP contribution in [-0.2, 0) is 6.54 Å². The normalized spacial score (nSPS) is 10.0. The predicted molar refractivity (Wildman–Crippen MR) is 84.2 cm³/mol. The third-order valence-electron chi connectivity index (χ3n) is 3.30. The second kappa shape index (κ2) is 7.23. The number of hydrogen-bond donors (Lipinski definition) is 2. The average molecular weight is 330 g/mol. The highest BCUT2D eigenvalue weighted by atomic mass is 16.6. The van der Waals surface area contributed by atoms with Gasteiger partial charge in [-0.2, -0.15) is 0 Å². The Morgan fingerprint density at radius 1 is 1.17 bits per heavy atom. The summed E-state index contributed by atoms with van der Waals surface area (Å²) in [4.78, 5) is 33.5. The summed E-state index contributed by atoms with van der Waals surface area (Å²) in [6.45, 7) is 0.143. The molecule has 0 aromatic heterocycles. The van der Waals surface area contributed by atoms with Crippen molar-refractivity contribution in [2.24, 2.45) is 0 Å². The first-order valence-electron chi connectivity index (χ1n) is 6.85. The number of amides is 1. The van der Waals surface area contributed by atoms with Gasteiger partial charge in [0.15, 0.2) is 0 Å². The van der Waals surface area contributed by atoms with Gasteiger partial charge in [-0.15, -0.1) is 0 Å². The number of methoxy groups -OCH3 is 1. The summed E-state index contributed by atoms with van der Waals surface area (Å²) in [7, 11) is 1.53. The highest BCUT2D eigenvalue weighted by Gasteiger charge is 2.20. The van der Waals surface area contributed by atoms with Crippen LogP contribution in [0, 0.1) is 10.1 Å². The van der Waals surface area contributed by atoms with Crippen LogP contribution in [0.5, 0.6) is 5.75 Å². The van der Waals surface area contributed by atoms with Crippen molar-refractivity contribution < 1.29 is 24.4 Å². The van der Waals surface area contributed by atoms with Gasteiger partial charge in [-0.1, -0.05) is 12.1 Å². The van der Waals surface area contributed by atoms with Crippen molar-refractivity contribution in [2.45, 2.75) is 6.54 Å². The first kappa shape index (κ1) is 16.9. The number of nitrogens with one attached hydrogen (secondary N) is 1. The monoisotopic (exact) mass is 330 g/mol. The van der Waals surface area contributed by atoms with Crippen molar-refractivity contribution in [2.75, 3.05) is 7.11 Å². The quantitative estimate of drug-likeness (QED) is 0.619. The van der Waals surface area contributed by atoms with Gasteiger partial charge in [0, 0.05) is 18.7 Å². The zero-order chi connectivity index (χ0) is 17.7. The summed E-state index contributed by atoms with van der Waals surface area (Å²) >= 11 is 0. The van der Waals surface area contributed by atoms with Gasteiger partial charge >= 0.3 is 5.97 Å². The molecule has 124 valence electrons. The van der Waals surface area contributed by atoms with E-state index in [1.54, 1.807) is 24.3 Å². The fourth-order valence-corrected chi connectivity index (χ4v) is 2.04. The van der Waals surface area contributed by atoms with Crippen molar-refractivity contribution in [3.05, 3.63) is 69.3 Å². The first-order chi connectivity index (χ1) is 11.4. The molecule has 0 aliphatic heterocycles. The van der Waals surface area contributed by atoms with Crippen LogP contribution in [0.3, 0.4) is 0 Å². The molecule has 0 aliphatic rings. The maximum atomic E-state index is 12.2. The lowest BCUT2D eigenvalue weighted by Gasteiger charge is -2.08. The molecule has 24 heavy (non-hydrogen) atoms. The minimum Gasteiger partial charge on any atom is -0.497 e. The van der Waals surface area contributed by atoms with Gasteiger partial charge in [-0.3, -0.25) is 14.9 Å². The van der Waals surface area contributed by atoms with Crippen molar-refractivity contribution in [1.82, 2.24) is 5.32 Å². The van der Waals surface area contributed by atoms with E-state index in [2.05, 4.69) is 5.32 Å². The molecule has 2 aromatic carbocycles. The number of nitro benzene ring substituents is 1. The number of nitrogens with zero attached hydrogens (tertiary/aromatic N) is 1. The molecule has 1 amide bonds. The topological polar surface area (TPSA) is 119 Å². The molecular formula is C16H14N2O6. The van der Waals surface area contributed by atoms with E-state index >= 15 is 0 Å². The van der Waals surface area contributed by atoms with Crippen molar-refractivity contribution >= 4 is 17.6 Å². The fourth-order valence-electron chi connectivity index (χ4n) is 2.04. The maximum Gasteiger partial charge on any atom is 0.336 e. The molecule has 0 aliphatic carbocycles. The highest BCUT2D eigenvalue weighted by Crippen LogP contribution is 2.18. The summed E-state index contributed by atoms with van der Waals surface area (Å²) in [5, 5.41) is 22.5. The summed E-state index contributed by atoms with van der Waals surface area (Å²) < 4.78 is 5.03. The predicted octanol–water partition coefficient (Wildman–Crippen LogP) is 2.23. The Kier molecular flexibility index (Phi) is 5.10. The molecule has 0 saturated carbocycles. The van der Waals surface area contributed by atoms with E-state index < -0.39 is 16.8 Å². The van der Waals surface area contributed by atoms with E-state index in [1.807, 2.05) is 0 Å². The summed E-state index contributed by atoms with van der Waals surface area (Å²) in [5.41, 5.74) is -0.140. The minimum absolute atomic E-state index is 0.143. The van der Waals surface area contributed by atoms with Crippen LogP contribution in [-0.4, -0.2) is 29.0 Å². The van der Waals surface area contributed by atoms with Crippen LogP contribution >= 0.6 is 0 Å². The number of hydrogen-bond acceptors (Lipinski definition) is 5. The molecule has 0 spiro atoms. The molecule has 2 N–H and O–H groups in total. The average Bonchev–Trinajstić information content (AvgIpc) is 2.59. The lowest BCUT2D eigenvalue weighted by molar-refractivity contribution is -0.384. The van der Waals surface area contributed by atoms with Gasteiger partial charge in [0.1, 0.15) is 5.75 Å². The second-order valence-electron chi connectivity index (χ2n) is 4.82. The molecule has 0 saturated heterocycles. The number of nitro groups is 1. The zero-order valence-corrected chi connectivity index (χ0v) is 12.7. The summed E-state index contributed by atoms with van der Waals surface area (Å²) in [6.07, 6.45) is 0. The van der Waals surface area contributed by atoms with E-state index in [-0.39, 0.29) is 23.4 Å². The molecule has 2 aromatic rings. The highest BCUT2D eigenvalue weighted by molar-refractivity contribution is 6.05. The smallest absolute Gasteiger partial charge is 0.336 e. The van der Waals surface area contributed by atoms with E-state index in [4.69, 9.17) is 9.84 Å². The van der Waals surface area contributed by atoms with Crippen molar-refractivity contribution in [3.63, 3.8) is 0 Å². The number of benzene rings is 2. The molecule has 0 radical (unpaired) electrons. The summed E-state index contributed by atoms with van der Waals surface area (Å²) in [6, 6.07) is 9.96. The first-order valence-corrected chi connectivity index (χ1v) is 6.85. The Labute approximate surface area is 136 Å². The SMILES string of the molecule is COc1ccc(CNC(=O)c2cc([N+](=O)[O-])ccc2C(=O)O)cc1. The lowest BCUT2D eigenvalue weighted by Crippen LogP contribution is -2.25. The molecule has 2 rings (SSSR count). The van der Waals surface area contributed by atoms with E-state index in [1.165, 1.54) is 7.11 Å². The Morgan fingerprint density at radius 3 is 2.38 bits per heavy atom. The van der Waals surface area contributed by atoms with Gasteiger partial charge in [-0.05, 0) is 23.8 Å². The van der Waals surface area contributed by atoms with Gasteiger partial charge in [0.05, 0.1) is 23.2 Å². The van der Waals surface area contributed by atoms with Crippen molar-refractivity contribution in [3.8, 4) is 5.75 Å². The van der Waals surface area contributed by atoms with Crippen molar-refractivity contribution in [1.29, 1.82) is 0 Å². The number of non-ortho nitro benzene ring substituents is 1. The Hall–Kier alpha value is -3.42. The Morgan fingerprint density at radius 2 is 1.83 bits per heavy atom. The van der Waals surface area contributed by atoms with E-state index in [0.717, 1.165) is 23.8 Å². The maximum absolute atomic E-state index is 12.2. The van der Waals surface area contributed by atoms with Crippen LogP contribution in [0.25, 0.3) is 0 Å². The Bertz CT molecular complexity index is 786. The van der Waals surface area contributed by atoms with Crippen LogP contribution in [0.15, 0.2) is 42.5 Å². The van der Waals surface area contributed by atoms with Gasteiger partial charge in [0.2, 0.25) is 0 Å². The number of carbonyl (C=O) groups excluding carboxylic acids is 1. The molecule has 8 heteroatoms. The molecule has 0 bridgehead atoms. The molecule has 8 nitrogen and oxygen atoms in total. The summed E-state index contributed by atoms with van der Waals surface area (Å²) in [5.74, 6) is -1.37. The molecule has 0 unspecified atom stereocenters. The van der Waals surface area contributed by atoms with Gasteiger partial charge in [0.25, 0.3) is 11.6 Å². The van der Waals surface area contributed by atoms with Crippen LogP contribution < -0.4 is 10.1 Å². The third-order valence-corrected chi connectivity index (χ3v) is 3.30. The number of rotatable bonds is 6. The number of aromatic carboxylic acids is 1. The zero-order valence-electron chi connectivity index (χ0n) is 12.7. The molecule has 0 atom stereocenters. The number of carboxylic acid groups (broad SMARTS) is 1. The molecule has 0 fully saturated rings. The van der Waals surface area contributed by atoms with Gasteiger partial charge < -0.3 is 15.2 Å². The van der Waals surface area contributed by atoms with Crippen LogP contribution in [0.2, 0.25) is 0 Å². The van der Waals surface area contributed by atoms with E-state index in [9.17, 15) is 19.7 Å². The fraction of sp³-hybridized carbons (Fsp3) is 0.125. The largest absolute Gasteiger partial charge is 0.497 e. The number of carboxylic acids is 1. The van der Waals surface area contributed by atoms with Gasteiger partial charge in [-0.25, -0.2) is 4.79 Å². The minimum atomic E-state index is -1.33. The van der Waals surface area contributed by atoms with Crippen LogP contribution in [0.1, 0.15) is 26.3 Å². The Balaban J connectivity index is 2.19.